The number of hydrogen-bond donors (Lipinski definition) is 1. The fourth-order valence-electron chi connectivity index (χ4n) is 3.55. The van der Waals surface area contributed by atoms with Gasteiger partial charge in [-0.2, -0.15) is 0 Å². The van der Waals surface area contributed by atoms with E-state index in [0.717, 1.165) is 26.3 Å². The zero-order valence-electron chi connectivity index (χ0n) is 12.5. The van der Waals surface area contributed by atoms with E-state index in [1.165, 1.54) is 31.4 Å². The number of fused-ring (bicyclic) bond motifs is 1. The molecule has 0 bridgehead atoms. The number of likely N-dealkylation sites (N-methyl/N-ethyl adjacent to an activating group) is 1. The molecule has 1 aromatic rings. The first-order valence-electron chi connectivity index (χ1n) is 7.91. The lowest BCUT2D eigenvalue weighted by Crippen LogP contribution is -2.44. The maximum Gasteiger partial charge on any atom is 0.0510 e. The molecule has 3 rings (SSSR count). The number of ether oxygens (including phenoxy) is 1. The van der Waals surface area contributed by atoms with E-state index < -0.39 is 0 Å². The second kappa shape index (κ2) is 6.70. The zero-order chi connectivity index (χ0) is 13.8. The Kier molecular flexibility index (Phi) is 4.71. The quantitative estimate of drug-likeness (QED) is 0.909. The van der Waals surface area contributed by atoms with Crippen molar-refractivity contribution in [3.63, 3.8) is 0 Å². The van der Waals surface area contributed by atoms with Crippen molar-refractivity contribution in [2.45, 2.75) is 31.8 Å². The molecule has 2 heterocycles. The minimum Gasteiger partial charge on any atom is -0.381 e. The Morgan fingerprint density at radius 3 is 2.95 bits per heavy atom. The summed E-state index contributed by atoms with van der Waals surface area (Å²) in [6.07, 6.45) is 3.70. The van der Waals surface area contributed by atoms with Crippen LogP contribution in [-0.4, -0.2) is 44.3 Å². The van der Waals surface area contributed by atoms with Gasteiger partial charge in [0, 0.05) is 31.7 Å². The summed E-state index contributed by atoms with van der Waals surface area (Å²) < 4.78 is 5.55. The molecule has 1 N–H and O–H groups in total. The largest absolute Gasteiger partial charge is 0.381 e. The fourth-order valence-corrected chi connectivity index (χ4v) is 3.55. The maximum absolute atomic E-state index is 5.55. The van der Waals surface area contributed by atoms with Gasteiger partial charge in [-0.1, -0.05) is 24.3 Å². The summed E-state index contributed by atoms with van der Waals surface area (Å²) in [4.78, 5) is 2.62. The van der Waals surface area contributed by atoms with Gasteiger partial charge in [-0.25, -0.2) is 0 Å². The number of nitrogens with zero attached hydrogens (tertiary/aromatic N) is 1. The normalized spacial score (nSPS) is 25.1. The molecular weight excluding hydrogens is 248 g/mol. The number of nitrogens with one attached hydrogen (secondary N) is 1. The number of benzene rings is 1. The molecule has 0 amide bonds. The Morgan fingerprint density at radius 1 is 1.35 bits per heavy atom. The molecule has 0 saturated carbocycles. The smallest absolute Gasteiger partial charge is 0.0510 e. The minimum atomic E-state index is 0.558. The Balaban J connectivity index is 1.65. The molecule has 1 saturated heterocycles. The molecule has 0 radical (unpaired) electrons. The minimum absolute atomic E-state index is 0.558. The van der Waals surface area contributed by atoms with Crippen LogP contribution in [0.15, 0.2) is 24.3 Å². The van der Waals surface area contributed by atoms with Crippen LogP contribution in [-0.2, 0) is 17.7 Å². The van der Waals surface area contributed by atoms with Crippen LogP contribution in [0.3, 0.4) is 0 Å². The second-order valence-electron chi connectivity index (χ2n) is 6.13. The van der Waals surface area contributed by atoms with Crippen molar-refractivity contribution < 1.29 is 4.74 Å². The van der Waals surface area contributed by atoms with E-state index in [-0.39, 0.29) is 0 Å². The third-order valence-corrected chi connectivity index (χ3v) is 4.79. The van der Waals surface area contributed by atoms with Crippen LogP contribution in [0.25, 0.3) is 0 Å². The van der Waals surface area contributed by atoms with Crippen molar-refractivity contribution in [2.75, 3.05) is 33.4 Å². The summed E-state index contributed by atoms with van der Waals surface area (Å²) in [6, 6.07) is 9.48. The van der Waals surface area contributed by atoms with E-state index in [0.29, 0.717) is 12.0 Å². The van der Waals surface area contributed by atoms with Gasteiger partial charge in [0.05, 0.1) is 6.61 Å². The molecule has 2 aliphatic rings. The average molecular weight is 274 g/mol. The molecule has 1 fully saturated rings. The molecule has 3 nitrogen and oxygen atoms in total. The summed E-state index contributed by atoms with van der Waals surface area (Å²) in [6.45, 7) is 5.31. The van der Waals surface area contributed by atoms with E-state index in [1.807, 2.05) is 0 Å². The van der Waals surface area contributed by atoms with Crippen LogP contribution in [0.4, 0.5) is 0 Å². The summed E-state index contributed by atoms with van der Waals surface area (Å²) in [5.74, 6) is 0.679. The SMILES string of the molecule is CNC(CN1CCCc2ccccc2C1)C1CCOC1. The highest BCUT2D eigenvalue weighted by Crippen LogP contribution is 2.21. The van der Waals surface area contributed by atoms with Crippen molar-refractivity contribution in [3.05, 3.63) is 35.4 Å². The predicted molar refractivity (Wildman–Crippen MR) is 81.8 cm³/mol. The van der Waals surface area contributed by atoms with Crippen molar-refractivity contribution >= 4 is 0 Å². The summed E-state index contributed by atoms with van der Waals surface area (Å²) in [5, 5.41) is 3.51. The van der Waals surface area contributed by atoms with Gasteiger partial charge in [0.15, 0.2) is 0 Å². The Morgan fingerprint density at radius 2 is 2.20 bits per heavy atom. The summed E-state index contributed by atoms with van der Waals surface area (Å²) in [5.41, 5.74) is 3.06. The molecule has 1 aromatic carbocycles. The zero-order valence-corrected chi connectivity index (χ0v) is 12.5. The molecule has 0 aliphatic carbocycles. The van der Waals surface area contributed by atoms with Crippen LogP contribution in [0.1, 0.15) is 24.0 Å². The Hall–Kier alpha value is -0.900. The van der Waals surface area contributed by atoms with Crippen LogP contribution in [0.5, 0.6) is 0 Å². The van der Waals surface area contributed by atoms with Crippen LogP contribution < -0.4 is 5.32 Å². The lowest BCUT2D eigenvalue weighted by atomic mass is 9.98. The van der Waals surface area contributed by atoms with Crippen LogP contribution in [0, 0.1) is 5.92 Å². The molecular formula is C17H26N2O. The van der Waals surface area contributed by atoms with Crippen molar-refractivity contribution in [2.24, 2.45) is 5.92 Å². The third-order valence-electron chi connectivity index (χ3n) is 4.79. The van der Waals surface area contributed by atoms with E-state index >= 15 is 0 Å². The third kappa shape index (κ3) is 3.22. The topological polar surface area (TPSA) is 24.5 Å². The summed E-state index contributed by atoms with van der Waals surface area (Å²) >= 11 is 0. The first kappa shape index (κ1) is 14.1. The highest BCUT2D eigenvalue weighted by atomic mass is 16.5. The van der Waals surface area contributed by atoms with Crippen molar-refractivity contribution in [1.29, 1.82) is 0 Å². The standard InChI is InChI=1S/C17H26N2O/c1-18-17(16-8-10-20-13-16)12-19-9-4-7-14-5-2-3-6-15(14)11-19/h2-3,5-6,16-18H,4,7-13H2,1H3. The van der Waals surface area contributed by atoms with Crippen LogP contribution >= 0.6 is 0 Å². The van der Waals surface area contributed by atoms with Gasteiger partial charge in [0.1, 0.15) is 0 Å². The Bertz CT molecular complexity index is 429. The molecule has 2 aliphatic heterocycles. The van der Waals surface area contributed by atoms with Crippen LogP contribution in [0.2, 0.25) is 0 Å². The molecule has 110 valence electrons. The number of aryl methyl sites for hydroxylation is 1. The predicted octanol–water partition coefficient (Wildman–Crippen LogP) is 2.06. The lowest BCUT2D eigenvalue weighted by molar-refractivity contribution is 0.161. The molecule has 0 spiro atoms. The van der Waals surface area contributed by atoms with E-state index in [4.69, 9.17) is 4.74 Å². The van der Waals surface area contributed by atoms with E-state index in [9.17, 15) is 0 Å². The number of hydrogen-bond acceptors (Lipinski definition) is 3. The molecule has 3 heteroatoms. The lowest BCUT2D eigenvalue weighted by Gasteiger charge is -2.29. The molecule has 2 unspecified atom stereocenters. The van der Waals surface area contributed by atoms with Gasteiger partial charge in [-0.15, -0.1) is 0 Å². The van der Waals surface area contributed by atoms with Crippen molar-refractivity contribution in [1.82, 2.24) is 10.2 Å². The monoisotopic (exact) mass is 274 g/mol. The Labute approximate surface area is 122 Å². The fraction of sp³-hybridized carbons (Fsp3) is 0.647. The van der Waals surface area contributed by atoms with E-state index in [2.05, 4.69) is 41.5 Å². The van der Waals surface area contributed by atoms with Gasteiger partial charge in [0.2, 0.25) is 0 Å². The van der Waals surface area contributed by atoms with Gasteiger partial charge in [-0.05, 0) is 44.0 Å². The second-order valence-corrected chi connectivity index (χ2v) is 6.13. The van der Waals surface area contributed by atoms with Crippen molar-refractivity contribution in [3.8, 4) is 0 Å². The molecule has 2 atom stereocenters. The number of rotatable bonds is 4. The first-order valence-corrected chi connectivity index (χ1v) is 7.91. The van der Waals surface area contributed by atoms with Gasteiger partial charge in [-0.3, -0.25) is 4.90 Å². The van der Waals surface area contributed by atoms with Gasteiger partial charge < -0.3 is 10.1 Å². The highest BCUT2D eigenvalue weighted by molar-refractivity contribution is 5.28. The van der Waals surface area contributed by atoms with Gasteiger partial charge >= 0.3 is 0 Å². The maximum atomic E-state index is 5.55. The first-order chi connectivity index (χ1) is 9.86. The summed E-state index contributed by atoms with van der Waals surface area (Å²) in [7, 11) is 2.09. The highest BCUT2D eigenvalue weighted by Gasteiger charge is 2.27. The van der Waals surface area contributed by atoms with E-state index in [1.54, 1.807) is 5.56 Å². The van der Waals surface area contributed by atoms with Gasteiger partial charge in [0.25, 0.3) is 0 Å². The molecule has 0 aromatic heterocycles. The molecule has 20 heavy (non-hydrogen) atoms. The average Bonchev–Trinajstić information content (AvgIpc) is 2.92.